The number of amides is 2. The molecule has 90 valence electrons. The molecule has 2 heterocycles. The van der Waals surface area contributed by atoms with E-state index < -0.39 is 0 Å². The fourth-order valence-corrected chi connectivity index (χ4v) is 2.27. The Kier molecular flexibility index (Phi) is 2.88. The quantitative estimate of drug-likeness (QED) is 0.621. The van der Waals surface area contributed by atoms with Gasteiger partial charge in [0.05, 0.1) is 6.42 Å². The van der Waals surface area contributed by atoms with Gasteiger partial charge in [-0.15, -0.1) is 0 Å². The van der Waals surface area contributed by atoms with Crippen molar-refractivity contribution in [3.8, 4) is 0 Å². The predicted molar refractivity (Wildman–Crippen MR) is 65.3 cm³/mol. The van der Waals surface area contributed by atoms with Gasteiger partial charge in [-0.05, 0) is 38.5 Å². The first-order valence-electron chi connectivity index (χ1n) is 5.74. The van der Waals surface area contributed by atoms with Crippen molar-refractivity contribution in [3.05, 3.63) is 28.6 Å². The molecule has 4 heteroatoms. The Hall–Kier alpha value is -1.84. The predicted octanol–water partition coefficient (Wildman–Crippen LogP) is 1.55. The van der Waals surface area contributed by atoms with E-state index in [0.29, 0.717) is 5.57 Å². The van der Waals surface area contributed by atoms with Gasteiger partial charge < -0.3 is 4.57 Å². The molecular weight excluding hydrogens is 216 g/mol. The lowest BCUT2D eigenvalue weighted by molar-refractivity contribution is -0.124. The smallest absolute Gasteiger partial charge is 0.254 e. The standard InChI is InChI=1S/C13H16N2O2/c1-4-15-8(2)5-10(9(15)3)6-11-7-12(16)14-13(11)17/h5-6H,4,7H2,1-3H3,(H,14,16,17). The lowest BCUT2D eigenvalue weighted by Crippen LogP contribution is -2.19. The second-order valence-electron chi connectivity index (χ2n) is 4.29. The highest BCUT2D eigenvalue weighted by molar-refractivity contribution is 6.15. The molecule has 1 aliphatic heterocycles. The second kappa shape index (κ2) is 4.20. The molecule has 0 unspecified atom stereocenters. The highest BCUT2D eigenvalue weighted by Crippen LogP contribution is 2.20. The van der Waals surface area contributed by atoms with Crippen LogP contribution in [0.3, 0.4) is 0 Å². The summed E-state index contributed by atoms with van der Waals surface area (Å²) in [7, 11) is 0. The lowest BCUT2D eigenvalue weighted by atomic mass is 10.1. The lowest BCUT2D eigenvalue weighted by Gasteiger charge is -2.04. The van der Waals surface area contributed by atoms with Crippen LogP contribution in [0.4, 0.5) is 0 Å². The van der Waals surface area contributed by atoms with Crippen LogP contribution in [0.1, 0.15) is 30.3 Å². The summed E-state index contributed by atoms with van der Waals surface area (Å²) in [6, 6.07) is 2.04. The van der Waals surface area contributed by atoms with Gasteiger partial charge in [0.1, 0.15) is 0 Å². The Labute approximate surface area is 100 Å². The van der Waals surface area contributed by atoms with Gasteiger partial charge in [0.2, 0.25) is 5.91 Å². The number of imide groups is 1. The molecule has 1 fully saturated rings. The Bertz CT molecular complexity index is 524. The van der Waals surface area contributed by atoms with Gasteiger partial charge in [0, 0.05) is 23.5 Å². The van der Waals surface area contributed by atoms with Crippen LogP contribution in [0, 0.1) is 13.8 Å². The number of aromatic nitrogens is 1. The fourth-order valence-electron chi connectivity index (χ4n) is 2.27. The van der Waals surface area contributed by atoms with Gasteiger partial charge in [-0.3, -0.25) is 14.9 Å². The van der Waals surface area contributed by atoms with Crippen LogP contribution in [0.2, 0.25) is 0 Å². The second-order valence-corrected chi connectivity index (χ2v) is 4.29. The van der Waals surface area contributed by atoms with Crippen molar-refractivity contribution >= 4 is 17.9 Å². The van der Waals surface area contributed by atoms with E-state index in [0.717, 1.165) is 17.8 Å². The minimum absolute atomic E-state index is 0.189. The van der Waals surface area contributed by atoms with Crippen molar-refractivity contribution in [2.45, 2.75) is 33.7 Å². The molecule has 0 atom stereocenters. The number of nitrogens with zero attached hydrogens (tertiary/aromatic N) is 1. The van der Waals surface area contributed by atoms with Crippen molar-refractivity contribution in [1.29, 1.82) is 0 Å². The fraction of sp³-hybridized carbons (Fsp3) is 0.385. The summed E-state index contributed by atoms with van der Waals surface area (Å²) < 4.78 is 2.18. The molecule has 0 aliphatic carbocycles. The third kappa shape index (κ3) is 2.02. The monoisotopic (exact) mass is 232 g/mol. The van der Waals surface area contributed by atoms with E-state index in [1.807, 2.05) is 26.0 Å². The molecule has 0 spiro atoms. The molecule has 1 aliphatic rings. The van der Waals surface area contributed by atoms with Crippen LogP contribution >= 0.6 is 0 Å². The largest absolute Gasteiger partial charge is 0.349 e. The van der Waals surface area contributed by atoms with Crippen LogP contribution in [0.25, 0.3) is 6.08 Å². The number of hydrogen-bond acceptors (Lipinski definition) is 2. The molecule has 0 saturated carbocycles. The zero-order valence-corrected chi connectivity index (χ0v) is 10.3. The van der Waals surface area contributed by atoms with E-state index in [-0.39, 0.29) is 18.2 Å². The summed E-state index contributed by atoms with van der Waals surface area (Å²) in [5.41, 5.74) is 3.86. The molecule has 0 radical (unpaired) electrons. The van der Waals surface area contributed by atoms with Crippen LogP contribution in [-0.4, -0.2) is 16.4 Å². The summed E-state index contributed by atoms with van der Waals surface area (Å²) in [6.45, 7) is 7.06. The number of carbonyl (C=O) groups is 2. The third-order valence-corrected chi connectivity index (χ3v) is 3.15. The Morgan fingerprint density at radius 3 is 2.59 bits per heavy atom. The van der Waals surface area contributed by atoms with Gasteiger partial charge >= 0.3 is 0 Å². The van der Waals surface area contributed by atoms with Gasteiger partial charge in [0.25, 0.3) is 5.91 Å². The summed E-state index contributed by atoms with van der Waals surface area (Å²) in [5.74, 6) is -0.484. The highest BCUT2D eigenvalue weighted by atomic mass is 16.2. The average molecular weight is 232 g/mol. The molecule has 1 aromatic heterocycles. The van der Waals surface area contributed by atoms with E-state index >= 15 is 0 Å². The Balaban J connectivity index is 2.39. The van der Waals surface area contributed by atoms with Crippen molar-refractivity contribution in [2.75, 3.05) is 0 Å². The molecule has 17 heavy (non-hydrogen) atoms. The Morgan fingerprint density at radius 1 is 1.41 bits per heavy atom. The molecule has 4 nitrogen and oxygen atoms in total. The molecule has 0 aromatic carbocycles. The maximum Gasteiger partial charge on any atom is 0.254 e. The van der Waals surface area contributed by atoms with Crippen molar-refractivity contribution < 1.29 is 9.59 Å². The summed E-state index contributed by atoms with van der Waals surface area (Å²) >= 11 is 0. The number of rotatable bonds is 2. The van der Waals surface area contributed by atoms with Crippen molar-refractivity contribution in [3.63, 3.8) is 0 Å². The minimum Gasteiger partial charge on any atom is -0.349 e. The molecule has 1 saturated heterocycles. The van der Waals surface area contributed by atoms with Crippen molar-refractivity contribution in [2.24, 2.45) is 0 Å². The topological polar surface area (TPSA) is 51.1 Å². The van der Waals surface area contributed by atoms with Gasteiger partial charge in [-0.1, -0.05) is 0 Å². The summed E-state index contributed by atoms with van der Waals surface area (Å²) in [5, 5.41) is 2.29. The average Bonchev–Trinajstić information content (AvgIpc) is 2.69. The Morgan fingerprint density at radius 2 is 2.12 bits per heavy atom. The number of hydrogen-bond donors (Lipinski definition) is 1. The van der Waals surface area contributed by atoms with Crippen molar-refractivity contribution in [1.82, 2.24) is 9.88 Å². The van der Waals surface area contributed by atoms with Gasteiger partial charge in [-0.25, -0.2) is 0 Å². The highest BCUT2D eigenvalue weighted by Gasteiger charge is 2.24. The number of carbonyl (C=O) groups excluding carboxylic acids is 2. The zero-order valence-electron chi connectivity index (χ0n) is 10.3. The number of nitrogens with one attached hydrogen (secondary N) is 1. The normalized spacial score (nSPS) is 17.9. The van der Waals surface area contributed by atoms with E-state index in [1.54, 1.807) is 0 Å². The zero-order chi connectivity index (χ0) is 12.6. The van der Waals surface area contributed by atoms with Crippen LogP contribution in [-0.2, 0) is 16.1 Å². The number of aryl methyl sites for hydroxylation is 1. The van der Waals surface area contributed by atoms with Crippen LogP contribution < -0.4 is 5.32 Å². The van der Waals surface area contributed by atoms with Crippen LogP contribution in [0.5, 0.6) is 0 Å². The van der Waals surface area contributed by atoms with Gasteiger partial charge in [0.15, 0.2) is 0 Å². The maximum atomic E-state index is 11.5. The SMILES string of the molecule is CCn1c(C)cc(C=C2CC(=O)NC2=O)c1C. The van der Waals surface area contributed by atoms with E-state index in [4.69, 9.17) is 0 Å². The first kappa shape index (κ1) is 11.6. The first-order chi connectivity index (χ1) is 8.02. The maximum absolute atomic E-state index is 11.5. The van der Waals surface area contributed by atoms with E-state index in [1.165, 1.54) is 5.69 Å². The van der Waals surface area contributed by atoms with Gasteiger partial charge in [-0.2, -0.15) is 0 Å². The van der Waals surface area contributed by atoms with E-state index in [9.17, 15) is 9.59 Å². The third-order valence-electron chi connectivity index (χ3n) is 3.15. The molecule has 1 N–H and O–H groups in total. The van der Waals surface area contributed by atoms with Crippen LogP contribution in [0.15, 0.2) is 11.6 Å². The first-order valence-corrected chi connectivity index (χ1v) is 5.74. The summed E-state index contributed by atoms with van der Waals surface area (Å²) in [4.78, 5) is 22.5. The molecule has 1 aromatic rings. The molecular formula is C13H16N2O2. The minimum atomic E-state index is -0.267. The molecule has 0 bridgehead atoms. The van der Waals surface area contributed by atoms with E-state index in [2.05, 4.69) is 16.8 Å². The summed E-state index contributed by atoms with van der Waals surface area (Å²) in [6.07, 6.45) is 2.00. The molecule has 2 amide bonds. The molecule has 2 rings (SSSR count).